The lowest BCUT2D eigenvalue weighted by atomic mass is 10.1. The SMILES string of the molecule is CC/C=C\C/C=C\C/C=C\C/C=C\C/C=C\CCCC(=O)N[C@@H](CCCCNC(=O)/C=C/C(=O)OC)C(=O)O.CC/C=C\C/C=C\C/C=C\C/C=C\C/C=C\CCCC(=O)N[C@@H](CCCCNC(=O)/C=C/C(=O)OC)C(=O)OC(C)(C)C. The Morgan fingerprint density at radius 2 is 0.744 bits per heavy atom. The van der Waals surface area contributed by atoms with Gasteiger partial charge < -0.3 is 40.6 Å². The molecule has 0 aromatic carbocycles. The molecular formula is C66H100N4O12. The molecule has 16 heteroatoms. The largest absolute Gasteiger partial charge is 0.480 e. The molecule has 5 N–H and O–H groups in total. The minimum Gasteiger partial charge on any atom is -0.480 e. The van der Waals surface area contributed by atoms with Gasteiger partial charge in [0.1, 0.15) is 17.7 Å². The van der Waals surface area contributed by atoms with Crippen LogP contribution in [0.25, 0.3) is 0 Å². The molecule has 0 bridgehead atoms. The number of methoxy groups -OCH3 is 2. The van der Waals surface area contributed by atoms with Crippen molar-refractivity contribution in [3.63, 3.8) is 0 Å². The van der Waals surface area contributed by atoms with Crippen LogP contribution in [-0.2, 0) is 52.6 Å². The molecule has 0 aliphatic rings. The van der Waals surface area contributed by atoms with Crippen LogP contribution in [0.1, 0.15) is 176 Å². The van der Waals surface area contributed by atoms with Crippen molar-refractivity contribution in [2.45, 2.75) is 194 Å². The highest BCUT2D eigenvalue weighted by molar-refractivity contribution is 5.95. The number of esters is 3. The number of aliphatic carboxylic acids is 1. The minimum absolute atomic E-state index is 0.190. The zero-order valence-corrected chi connectivity index (χ0v) is 50.4. The third-order valence-corrected chi connectivity index (χ3v) is 11.1. The zero-order valence-electron chi connectivity index (χ0n) is 50.4. The van der Waals surface area contributed by atoms with Gasteiger partial charge in [0.25, 0.3) is 0 Å². The van der Waals surface area contributed by atoms with Gasteiger partial charge in [-0.25, -0.2) is 19.2 Å². The Balaban J connectivity index is 0. The summed E-state index contributed by atoms with van der Waals surface area (Å²) in [7, 11) is 2.45. The van der Waals surface area contributed by atoms with Gasteiger partial charge in [-0.3, -0.25) is 19.2 Å². The number of rotatable bonds is 44. The lowest BCUT2D eigenvalue weighted by Gasteiger charge is -2.24. The van der Waals surface area contributed by atoms with Gasteiger partial charge in [0.05, 0.1) is 14.2 Å². The first-order valence-electron chi connectivity index (χ1n) is 29.1. The van der Waals surface area contributed by atoms with E-state index in [-0.39, 0.29) is 24.7 Å². The zero-order chi connectivity index (χ0) is 61.2. The number of hydrogen-bond acceptors (Lipinski definition) is 11. The molecule has 0 saturated carbocycles. The van der Waals surface area contributed by atoms with E-state index in [2.05, 4.69) is 160 Å². The number of carboxylic acid groups (broad SMARTS) is 1. The maximum absolute atomic E-state index is 12.7. The summed E-state index contributed by atoms with van der Waals surface area (Å²) in [6.07, 6.45) is 63.0. The van der Waals surface area contributed by atoms with Gasteiger partial charge in [0.15, 0.2) is 0 Å². The van der Waals surface area contributed by atoms with E-state index in [4.69, 9.17) is 4.74 Å². The van der Waals surface area contributed by atoms with Crippen molar-refractivity contribution < 1.29 is 57.7 Å². The van der Waals surface area contributed by atoms with E-state index in [0.717, 1.165) is 101 Å². The molecule has 0 unspecified atom stereocenters. The summed E-state index contributed by atoms with van der Waals surface area (Å²) in [5.41, 5.74) is -0.668. The second-order valence-electron chi connectivity index (χ2n) is 19.6. The van der Waals surface area contributed by atoms with Crippen LogP contribution in [0.4, 0.5) is 0 Å². The van der Waals surface area contributed by atoms with Gasteiger partial charge in [-0.2, -0.15) is 0 Å². The highest BCUT2D eigenvalue weighted by Gasteiger charge is 2.26. The molecule has 16 nitrogen and oxygen atoms in total. The van der Waals surface area contributed by atoms with E-state index in [1.807, 2.05) is 6.08 Å². The Morgan fingerprint density at radius 3 is 1.06 bits per heavy atom. The molecule has 0 aliphatic carbocycles. The molecule has 4 amide bonds. The average Bonchev–Trinajstić information content (AvgIpc) is 3.44. The number of carbonyl (C=O) groups is 8. The van der Waals surface area contributed by atoms with Crippen LogP contribution in [0.5, 0.6) is 0 Å². The van der Waals surface area contributed by atoms with Crippen molar-refractivity contribution in [3.8, 4) is 0 Å². The van der Waals surface area contributed by atoms with Crippen LogP contribution >= 0.6 is 0 Å². The number of hydrogen-bond donors (Lipinski definition) is 5. The first kappa shape index (κ1) is 76.7. The van der Waals surface area contributed by atoms with Crippen molar-refractivity contribution in [2.24, 2.45) is 0 Å². The maximum Gasteiger partial charge on any atom is 0.330 e. The lowest BCUT2D eigenvalue weighted by Crippen LogP contribution is -2.44. The van der Waals surface area contributed by atoms with Gasteiger partial charge in [0.2, 0.25) is 23.6 Å². The molecule has 456 valence electrons. The molecule has 2 atom stereocenters. The van der Waals surface area contributed by atoms with E-state index in [0.29, 0.717) is 64.5 Å². The highest BCUT2D eigenvalue weighted by atomic mass is 16.6. The number of ether oxygens (including phenoxy) is 3. The van der Waals surface area contributed by atoms with Crippen molar-refractivity contribution in [1.82, 2.24) is 21.3 Å². The summed E-state index contributed by atoms with van der Waals surface area (Å²) in [6.45, 7) is 10.3. The molecule has 0 heterocycles. The molecular weight excluding hydrogens is 1040 g/mol. The van der Waals surface area contributed by atoms with E-state index in [1.165, 1.54) is 14.2 Å². The second-order valence-corrected chi connectivity index (χ2v) is 19.6. The monoisotopic (exact) mass is 1140 g/mol. The summed E-state index contributed by atoms with van der Waals surface area (Å²) < 4.78 is 14.3. The van der Waals surface area contributed by atoms with E-state index in [1.54, 1.807) is 20.8 Å². The molecule has 0 saturated heterocycles. The quantitative estimate of drug-likeness (QED) is 0.0126. The van der Waals surface area contributed by atoms with E-state index >= 15 is 0 Å². The van der Waals surface area contributed by atoms with Crippen LogP contribution in [0, 0.1) is 0 Å². The Hall–Kier alpha value is -7.36. The number of nitrogens with one attached hydrogen (secondary N) is 4. The number of amides is 4. The fourth-order valence-corrected chi connectivity index (χ4v) is 6.82. The third-order valence-electron chi connectivity index (χ3n) is 11.1. The maximum atomic E-state index is 12.7. The summed E-state index contributed by atoms with van der Waals surface area (Å²) in [6, 6.07) is -1.71. The Bertz CT molecular complexity index is 2170. The van der Waals surface area contributed by atoms with Crippen LogP contribution in [0.3, 0.4) is 0 Å². The first-order chi connectivity index (χ1) is 39.5. The lowest BCUT2D eigenvalue weighted by molar-refractivity contribution is -0.159. The molecule has 0 radical (unpaired) electrons. The Morgan fingerprint density at radius 1 is 0.427 bits per heavy atom. The normalized spacial score (nSPS) is 13.0. The van der Waals surface area contributed by atoms with E-state index in [9.17, 15) is 43.5 Å². The van der Waals surface area contributed by atoms with Gasteiger partial charge in [0, 0.05) is 50.2 Å². The van der Waals surface area contributed by atoms with Crippen molar-refractivity contribution in [3.05, 3.63) is 146 Å². The summed E-state index contributed by atoms with van der Waals surface area (Å²) >= 11 is 0. The minimum atomic E-state index is -1.08. The first-order valence-corrected chi connectivity index (χ1v) is 29.1. The van der Waals surface area contributed by atoms with Crippen molar-refractivity contribution in [2.75, 3.05) is 27.3 Å². The van der Waals surface area contributed by atoms with Crippen LogP contribution < -0.4 is 21.3 Å². The molecule has 0 spiro atoms. The van der Waals surface area contributed by atoms with Crippen LogP contribution in [-0.4, -0.2) is 97.6 Å². The smallest absolute Gasteiger partial charge is 0.330 e. The van der Waals surface area contributed by atoms with Crippen molar-refractivity contribution in [1.29, 1.82) is 0 Å². The predicted octanol–water partition coefficient (Wildman–Crippen LogP) is 12.2. The predicted molar refractivity (Wildman–Crippen MR) is 330 cm³/mol. The Labute approximate surface area is 491 Å². The molecule has 0 aromatic rings. The fourth-order valence-electron chi connectivity index (χ4n) is 6.82. The molecule has 0 rings (SSSR count). The number of unbranched alkanes of at least 4 members (excludes halogenated alkanes) is 4. The van der Waals surface area contributed by atoms with Gasteiger partial charge in [-0.15, -0.1) is 0 Å². The highest BCUT2D eigenvalue weighted by Crippen LogP contribution is 2.13. The van der Waals surface area contributed by atoms with Crippen molar-refractivity contribution >= 4 is 47.5 Å². The van der Waals surface area contributed by atoms with Crippen LogP contribution in [0.15, 0.2) is 146 Å². The standard InChI is InChI=1S/C35H54N2O6.C31H46N2O6/c1-6-7-8-9-10-11-12-13-14-15-16-17-18-19-20-21-22-26-32(39)37-30(34(41)43-35(2,3)4)25-23-24-29-36-31(38)27-28-33(40)42-5;1-3-4-5-6-7-8-9-10-11-12-13-14-15-16-17-18-19-23-29(35)33-27(31(37)38)22-20-21-26-32-28(34)24-25-30(36)39-2/h7-8,10-11,13-14,16-17,19-20,27-28,30H,6,9,12,15,18,21-26,29H2,1-5H3,(H,36,38)(H,37,39);4-5,7-8,10-11,13-14,16-17,24-25,27H,3,6,9,12,15,18-23,26H2,1-2H3,(H,32,34)(H,33,35)(H,37,38)/b8-7-,11-10-,14-13-,17-16-,20-19-,28-27+;5-4-,8-7-,11-10-,14-13-,17-16-,25-24+/t30-;27-/m00/s1. The molecule has 0 fully saturated rings. The second kappa shape index (κ2) is 55.5. The van der Waals surface area contributed by atoms with Gasteiger partial charge >= 0.3 is 23.9 Å². The molecule has 82 heavy (non-hydrogen) atoms. The number of carbonyl (C=O) groups excluding carboxylic acids is 7. The summed E-state index contributed by atoms with van der Waals surface area (Å²) in [4.78, 5) is 94.1. The van der Waals surface area contributed by atoms with Gasteiger partial charge in [-0.05, 0) is 149 Å². The van der Waals surface area contributed by atoms with E-state index < -0.39 is 53.4 Å². The summed E-state index contributed by atoms with van der Waals surface area (Å²) in [5.74, 6) is -4.09. The fraction of sp³-hybridized carbons (Fsp3) is 0.515. The third kappa shape index (κ3) is 55.9. The Kier molecular flexibility index (Phi) is 52.0. The molecule has 0 aromatic heterocycles. The summed E-state index contributed by atoms with van der Waals surface area (Å²) in [5, 5.41) is 20.0. The number of carboxylic acids is 1. The average molecular weight is 1140 g/mol. The topological polar surface area (TPSA) is 233 Å². The molecule has 0 aliphatic heterocycles. The van der Waals surface area contributed by atoms with Crippen LogP contribution in [0.2, 0.25) is 0 Å². The number of allylic oxidation sites excluding steroid dienone is 20. The van der Waals surface area contributed by atoms with Gasteiger partial charge in [-0.1, -0.05) is 135 Å².